The predicted octanol–water partition coefficient (Wildman–Crippen LogP) is 2.23. The fourth-order valence-corrected chi connectivity index (χ4v) is 1.53. The Morgan fingerprint density at radius 3 is 2.60 bits per heavy atom. The fourth-order valence-electron chi connectivity index (χ4n) is 1.17. The van der Waals surface area contributed by atoms with Gasteiger partial charge in [-0.05, 0) is 53.3 Å². The van der Waals surface area contributed by atoms with Gasteiger partial charge in [-0.3, -0.25) is 4.79 Å². The number of amides is 1. The van der Waals surface area contributed by atoms with Crippen molar-refractivity contribution in [2.75, 3.05) is 18.9 Å². The molecule has 0 heterocycles. The van der Waals surface area contributed by atoms with Crippen molar-refractivity contribution in [3.63, 3.8) is 0 Å². The quantitative estimate of drug-likeness (QED) is 0.646. The zero-order valence-corrected chi connectivity index (χ0v) is 10.9. The third-order valence-electron chi connectivity index (χ3n) is 2.03. The Kier molecular flexibility index (Phi) is 5.45. The maximum Gasteiger partial charge on any atom is 0.219 e. The monoisotopic (exact) mass is 318 g/mol. The second kappa shape index (κ2) is 6.66. The molecule has 3 nitrogen and oxygen atoms in total. The minimum absolute atomic E-state index is 0.0967. The molecule has 82 valence electrons. The Morgan fingerprint density at radius 1 is 1.33 bits per heavy atom. The predicted molar refractivity (Wildman–Crippen MR) is 70.9 cm³/mol. The molecule has 1 aromatic carbocycles. The Bertz CT molecular complexity index is 311. The average Bonchev–Trinajstić information content (AvgIpc) is 2.26. The van der Waals surface area contributed by atoms with E-state index in [1.165, 1.54) is 3.57 Å². The van der Waals surface area contributed by atoms with Gasteiger partial charge in [-0.1, -0.05) is 0 Å². The third kappa shape index (κ3) is 5.01. The van der Waals surface area contributed by atoms with Crippen LogP contribution in [0, 0.1) is 3.57 Å². The number of carbonyl (C=O) groups is 1. The second-order valence-corrected chi connectivity index (χ2v) is 4.46. The number of carbonyl (C=O) groups excluding carboxylic acids is 1. The summed E-state index contributed by atoms with van der Waals surface area (Å²) in [5, 5.41) is 5.87. The summed E-state index contributed by atoms with van der Waals surface area (Å²) < 4.78 is 1.23. The maximum absolute atomic E-state index is 10.9. The molecule has 0 atom stereocenters. The summed E-state index contributed by atoms with van der Waals surface area (Å²) in [5.41, 5.74) is 1.10. The molecule has 0 saturated carbocycles. The number of anilines is 1. The van der Waals surface area contributed by atoms with Crippen molar-refractivity contribution >= 4 is 34.2 Å². The van der Waals surface area contributed by atoms with Gasteiger partial charge in [0.15, 0.2) is 0 Å². The molecule has 0 aliphatic rings. The zero-order valence-electron chi connectivity index (χ0n) is 8.72. The first-order valence-electron chi connectivity index (χ1n) is 4.92. The van der Waals surface area contributed by atoms with E-state index in [9.17, 15) is 4.79 Å². The van der Waals surface area contributed by atoms with Crippen molar-refractivity contribution in [1.29, 1.82) is 0 Å². The van der Waals surface area contributed by atoms with Crippen LogP contribution in [0.15, 0.2) is 24.3 Å². The molecule has 4 heteroatoms. The van der Waals surface area contributed by atoms with Gasteiger partial charge >= 0.3 is 0 Å². The third-order valence-corrected chi connectivity index (χ3v) is 2.75. The van der Waals surface area contributed by atoms with E-state index in [-0.39, 0.29) is 5.91 Å². The second-order valence-electron chi connectivity index (χ2n) is 3.21. The molecule has 0 bridgehead atoms. The minimum Gasteiger partial charge on any atom is -0.385 e. The molecule has 0 aliphatic carbocycles. The van der Waals surface area contributed by atoms with Crippen LogP contribution in [0.4, 0.5) is 5.69 Å². The Morgan fingerprint density at radius 2 is 2.00 bits per heavy atom. The molecule has 15 heavy (non-hydrogen) atoms. The lowest BCUT2D eigenvalue weighted by Gasteiger charge is -2.05. The summed E-state index contributed by atoms with van der Waals surface area (Å²) in [7, 11) is 1.66. The lowest BCUT2D eigenvalue weighted by Crippen LogP contribution is -2.18. The van der Waals surface area contributed by atoms with Crippen LogP contribution >= 0.6 is 22.6 Å². The van der Waals surface area contributed by atoms with Crippen LogP contribution in [0.5, 0.6) is 0 Å². The average molecular weight is 318 g/mol. The van der Waals surface area contributed by atoms with Crippen molar-refractivity contribution in [2.45, 2.75) is 12.8 Å². The van der Waals surface area contributed by atoms with E-state index in [0.717, 1.165) is 18.7 Å². The Labute approximate surface area is 104 Å². The molecule has 1 rings (SSSR count). The first-order chi connectivity index (χ1) is 7.22. The van der Waals surface area contributed by atoms with Gasteiger partial charge in [-0.25, -0.2) is 0 Å². The van der Waals surface area contributed by atoms with Gasteiger partial charge < -0.3 is 10.6 Å². The van der Waals surface area contributed by atoms with Crippen LogP contribution in [0.25, 0.3) is 0 Å². The molecule has 0 spiro atoms. The van der Waals surface area contributed by atoms with E-state index in [1.807, 2.05) is 12.1 Å². The van der Waals surface area contributed by atoms with E-state index >= 15 is 0 Å². The molecule has 0 unspecified atom stereocenters. The van der Waals surface area contributed by atoms with Gasteiger partial charge in [0, 0.05) is 29.3 Å². The van der Waals surface area contributed by atoms with Gasteiger partial charge in [0.25, 0.3) is 0 Å². The van der Waals surface area contributed by atoms with Crippen molar-refractivity contribution in [3.05, 3.63) is 27.8 Å². The number of hydrogen-bond donors (Lipinski definition) is 2. The Balaban J connectivity index is 2.20. The van der Waals surface area contributed by atoms with E-state index < -0.39 is 0 Å². The lowest BCUT2D eigenvalue weighted by molar-refractivity contribution is -0.120. The highest BCUT2D eigenvalue weighted by Crippen LogP contribution is 2.10. The molecule has 0 saturated heterocycles. The van der Waals surface area contributed by atoms with Crippen molar-refractivity contribution in [3.8, 4) is 0 Å². The normalized spacial score (nSPS) is 9.73. The molecule has 0 radical (unpaired) electrons. The van der Waals surface area contributed by atoms with E-state index in [4.69, 9.17) is 0 Å². The lowest BCUT2D eigenvalue weighted by atomic mass is 10.2. The maximum atomic E-state index is 10.9. The Hall–Kier alpha value is -0.780. The number of benzene rings is 1. The van der Waals surface area contributed by atoms with Gasteiger partial charge in [-0.15, -0.1) is 0 Å². The van der Waals surface area contributed by atoms with Crippen LogP contribution in [0.3, 0.4) is 0 Å². The number of rotatable bonds is 5. The molecule has 0 fully saturated rings. The summed E-state index contributed by atoms with van der Waals surface area (Å²) in [6.07, 6.45) is 1.43. The summed E-state index contributed by atoms with van der Waals surface area (Å²) in [4.78, 5) is 10.9. The van der Waals surface area contributed by atoms with Gasteiger partial charge in [-0.2, -0.15) is 0 Å². The molecular formula is C11H15IN2O. The van der Waals surface area contributed by atoms with Crippen LogP contribution in [0.1, 0.15) is 12.8 Å². The first kappa shape index (κ1) is 12.3. The first-order valence-corrected chi connectivity index (χ1v) is 6.00. The van der Waals surface area contributed by atoms with Crippen molar-refractivity contribution < 1.29 is 4.79 Å². The highest BCUT2D eigenvalue weighted by atomic mass is 127. The van der Waals surface area contributed by atoms with Crippen LogP contribution < -0.4 is 10.6 Å². The van der Waals surface area contributed by atoms with E-state index in [2.05, 4.69) is 45.4 Å². The molecule has 0 aromatic heterocycles. The highest BCUT2D eigenvalue weighted by molar-refractivity contribution is 14.1. The summed E-state index contributed by atoms with van der Waals surface area (Å²) in [5.74, 6) is 0.0967. The van der Waals surface area contributed by atoms with Crippen molar-refractivity contribution in [2.24, 2.45) is 0 Å². The van der Waals surface area contributed by atoms with Gasteiger partial charge in [0.05, 0.1) is 0 Å². The topological polar surface area (TPSA) is 41.1 Å². The van der Waals surface area contributed by atoms with Crippen LogP contribution in [0.2, 0.25) is 0 Å². The molecule has 2 N–H and O–H groups in total. The van der Waals surface area contributed by atoms with E-state index in [0.29, 0.717) is 6.42 Å². The van der Waals surface area contributed by atoms with Crippen molar-refractivity contribution in [1.82, 2.24) is 5.32 Å². The van der Waals surface area contributed by atoms with Gasteiger partial charge in [0.2, 0.25) is 5.91 Å². The standard InChI is InChI=1S/C11H15IN2O/c1-13-11(15)3-2-8-14-10-6-4-9(12)5-7-10/h4-7,14H,2-3,8H2,1H3,(H,13,15). The number of hydrogen-bond acceptors (Lipinski definition) is 2. The molecule has 1 aromatic rings. The minimum atomic E-state index is 0.0967. The number of halogens is 1. The summed E-state index contributed by atoms with van der Waals surface area (Å²) in [6.45, 7) is 0.827. The van der Waals surface area contributed by atoms with E-state index in [1.54, 1.807) is 7.05 Å². The molecular weight excluding hydrogens is 303 g/mol. The highest BCUT2D eigenvalue weighted by Gasteiger charge is 1.97. The van der Waals surface area contributed by atoms with Crippen LogP contribution in [-0.2, 0) is 4.79 Å². The number of nitrogens with one attached hydrogen (secondary N) is 2. The van der Waals surface area contributed by atoms with Gasteiger partial charge in [0.1, 0.15) is 0 Å². The fraction of sp³-hybridized carbons (Fsp3) is 0.364. The largest absolute Gasteiger partial charge is 0.385 e. The zero-order chi connectivity index (χ0) is 11.1. The summed E-state index contributed by atoms with van der Waals surface area (Å²) in [6, 6.07) is 8.20. The molecule has 0 aliphatic heterocycles. The smallest absolute Gasteiger partial charge is 0.219 e. The SMILES string of the molecule is CNC(=O)CCCNc1ccc(I)cc1. The van der Waals surface area contributed by atoms with Crippen LogP contribution in [-0.4, -0.2) is 19.5 Å². The summed E-state index contributed by atoms with van der Waals surface area (Å²) >= 11 is 2.27. The molecule has 1 amide bonds.